The minimum absolute atomic E-state index is 0.104. The number of piperidine rings is 1. The van der Waals surface area contributed by atoms with Crippen LogP contribution < -0.4 is 5.32 Å². The molecule has 0 bridgehead atoms. The average molecular weight is 264 g/mol. The van der Waals surface area contributed by atoms with Crippen molar-refractivity contribution in [1.82, 2.24) is 10.2 Å². The maximum atomic E-state index is 13.3. The van der Waals surface area contributed by atoms with Crippen LogP contribution in [0.4, 0.5) is 4.39 Å². The van der Waals surface area contributed by atoms with Crippen molar-refractivity contribution in [3.63, 3.8) is 0 Å². The van der Waals surface area contributed by atoms with Crippen LogP contribution in [-0.2, 0) is 0 Å². The van der Waals surface area contributed by atoms with E-state index in [0.29, 0.717) is 11.5 Å². The first-order valence-corrected chi connectivity index (χ1v) is 6.79. The number of halogens is 1. The van der Waals surface area contributed by atoms with Crippen LogP contribution in [0.15, 0.2) is 18.2 Å². The van der Waals surface area contributed by atoms with Gasteiger partial charge in [0.2, 0.25) is 0 Å². The van der Waals surface area contributed by atoms with Gasteiger partial charge in [-0.3, -0.25) is 4.79 Å². The second-order valence-corrected chi connectivity index (χ2v) is 5.42. The highest BCUT2D eigenvalue weighted by atomic mass is 19.1. The van der Waals surface area contributed by atoms with Crippen LogP contribution in [-0.4, -0.2) is 37.5 Å². The molecule has 0 radical (unpaired) electrons. The predicted octanol–water partition coefficient (Wildman–Crippen LogP) is 2.21. The average Bonchev–Trinajstić information content (AvgIpc) is 2.37. The van der Waals surface area contributed by atoms with Crippen molar-refractivity contribution in [2.75, 3.05) is 26.7 Å². The number of aryl methyl sites for hydroxylation is 1. The number of hydrogen-bond donors (Lipinski definition) is 1. The summed E-state index contributed by atoms with van der Waals surface area (Å²) in [6.45, 7) is 4.55. The predicted molar refractivity (Wildman–Crippen MR) is 73.7 cm³/mol. The van der Waals surface area contributed by atoms with E-state index in [1.807, 2.05) is 0 Å². The van der Waals surface area contributed by atoms with Crippen molar-refractivity contribution in [2.24, 2.45) is 5.92 Å². The summed E-state index contributed by atoms with van der Waals surface area (Å²) in [5, 5.41) is 3.34. The number of amides is 1. The first-order chi connectivity index (χ1) is 9.06. The van der Waals surface area contributed by atoms with E-state index in [0.717, 1.165) is 38.0 Å². The lowest BCUT2D eigenvalue weighted by Crippen LogP contribution is -2.39. The molecule has 1 N–H and O–H groups in total. The number of rotatable bonds is 3. The van der Waals surface area contributed by atoms with Crippen molar-refractivity contribution in [3.05, 3.63) is 35.1 Å². The lowest BCUT2D eigenvalue weighted by molar-refractivity contribution is 0.0764. The molecular weight excluding hydrogens is 243 g/mol. The van der Waals surface area contributed by atoms with Crippen LogP contribution in [0.5, 0.6) is 0 Å². The Labute approximate surface area is 113 Å². The number of carbonyl (C=O) groups excluding carboxylic acids is 1. The standard InChI is InChI=1S/C15H21FN2O/c1-11-6-13(8-14(16)7-11)15(19)18(2)10-12-4-3-5-17-9-12/h6-8,12,17H,3-5,9-10H2,1-2H3. The number of nitrogens with zero attached hydrogens (tertiary/aromatic N) is 1. The van der Waals surface area contributed by atoms with Gasteiger partial charge in [-0.15, -0.1) is 0 Å². The molecule has 1 aromatic rings. The van der Waals surface area contributed by atoms with Crippen molar-refractivity contribution in [1.29, 1.82) is 0 Å². The fraction of sp³-hybridized carbons (Fsp3) is 0.533. The molecule has 1 aromatic carbocycles. The van der Waals surface area contributed by atoms with Crippen LogP contribution >= 0.6 is 0 Å². The molecule has 4 heteroatoms. The minimum Gasteiger partial charge on any atom is -0.341 e. The molecule has 1 aliphatic heterocycles. The molecular formula is C15H21FN2O. The summed E-state index contributed by atoms with van der Waals surface area (Å²) >= 11 is 0. The van der Waals surface area contributed by atoms with Gasteiger partial charge in [-0.25, -0.2) is 4.39 Å². The van der Waals surface area contributed by atoms with Crippen LogP contribution in [0.1, 0.15) is 28.8 Å². The molecule has 2 rings (SSSR count). The summed E-state index contributed by atoms with van der Waals surface area (Å²) in [5.41, 5.74) is 1.21. The lowest BCUT2D eigenvalue weighted by Gasteiger charge is -2.27. The Morgan fingerprint density at radius 3 is 2.89 bits per heavy atom. The third-order valence-corrected chi connectivity index (χ3v) is 3.57. The van der Waals surface area contributed by atoms with Gasteiger partial charge in [0.15, 0.2) is 0 Å². The van der Waals surface area contributed by atoms with Gasteiger partial charge in [0.05, 0.1) is 0 Å². The third-order valence-electron chi connectivity index (χ3n) is 3.57. The summed E-state index contributed by atoms with van der Waals surface area (Å²) in [6, 6.07) is 4.48. The van der Waals surface area contributed by atoms with E-state index >= 15 is 0 Å². The number of nitrogens with one attached hydrogen (secondary N) is 1. The molecule has 1 atom stereocenters. The van der Waals surface area contributed by atoms with Crippen molar-refractivity contribution in [3.8, 4) is 0 Å². The topological polar surface area (TPSA) is 32.3 Å². The zero-order valence-electron chi connectivity index (χ0n) is 11.6. The smallest absolute Gasteiger partial charge is 0.253 e. The lowest BCUT2D eigenvalue weighted by atomic mass is 9.99. The van der Waals surface area contributed by atoms with E-state index in [1.165, 1.54) is 12.1 Å². The summed E-state index contributed by atoms with van der Waals surface area (Å²) in [5.74, 6) is 0.0432. The van der Waals surface area contributed by atoms with Crippen molar-refractivity contribution < 1.29 is 9.18 Å². The summed E-state index contributed by atoms with van der Waals surface area (Å²) in [4.78, 5) is 14.0. The molecule has 0 aliphatic carbocycles. The molecule has 0 saturated carbocycles. The molecule has 19 heavy (non-hydrogen) atoms. The monoisotopic (exact) mass is 264 g/mol. The van der Waals surface area contributed by atoms with E-state index in [-0.39, 0.29) is 11.7 Å². The summed E-state index contributed by atoms with van der Waals surface area (Å²) < 4.78 is 13.3. The van der Waals surface area contributed by atoms with Gasteiger partial charge in [-0.1, -0.05) is 0 Å². The highest BCUT2D eigenvalue weighted by Gasteiger charge is 2.19. The Morgan fingerprint density at radius 2 is 2.26 bits per heavy atom. The van der Waals surface area contributed by atoms with Gasteiger partial charge < -0.3 is 10.2 Å². The quantitative estimate of drug-likeness (QED) is 0.907. The molecule has 104 valence electrons. The zero-order valence-corrected chi connectivity index (χ0v) is 11.6. The van der Waals surface area contributed by atoms with E-state index in [1.54, 1.807) is 24.9 Å². The summed E-state index contributed by atoms with van der Waals surface area (Å²) in [6.07, 6.45) is 2.30. The Balaban J connectivity index is 2.01. The van der Waals surface area contributed by atoms with E-state index < -0.39 is 0 Å². The fourth-order valence-electron chi connectivity index (χ4n) is 2.63. The summed E-state index contributed by atoms with van der Waals surface area (Å²) in [7, 11) is 1.79. The Bertz CT molecular complexity index is 435. The van der Waals surface area contributed by atoms with Crippen LogP contribution in [0.2, 0.25) is 0 Å². The molecule has 1 saturated heterocycles. The van der Waals surface area contributed by atoms with E-state index in [9.17, 15) is 9.18 Å². The van der Waals surface area contributed by atoms with Gasteiger partial charge >= 0.3 is 0 Å². The first kappa shape index (κ1) is 14.0. The maximum absolute atomic E-state index is 13.3. The second-order valence-electron chi connectivity index (χ2n) is 5.42. The molecule has 1 fully saturated rings. The van der Waals surface area contributed by atoms with E-state index in [2.05, 4.69) is 5.32 Å². The van der Waals surface area contributed by atoms with Gasteiger partial charge in [-0.2, -0.15) is 0 Å². The Kier molecular flexibility index (Phi) is 4.53. The van der Waals surface area contributed by atoms with Crippen LogP contribution in [0.25, 0.3) is 0 Å². The van der Waals surface area contributed by atoms with Gasteiger partial charge in [0.25, 0.3) is 5.91 Å². The molecule has 0 aromatic heterocycles. The molecule has 1 amide bonds. The van der Waals surface area contributed by atoms with Crippen molar-refractivity contribution >= 4 is 5.91 Å². The largest absolute Gasteiger partial charge is 0.341 e. The molecule has 3 nitrogen and oxygen atoms in total. The molecule has 0 spiro atoms. The number of carbonyl (C=O) groups is 1. The zero-order chi connectivity index (χ0) is 13.8. The normalized spacial score (nSPS) is 19.2. The van der Waals surface area contributed by atoms with Crippen LogP contribution in [0.3, 0.4) is 0 Å². The minimum atomic E-state index is -0.351. The highest BCUT2D eigenvalue weighted by molar-refractivity contribution is 5.94. The Hall–Kier alpha value is -1.42. The number of benzene rings is 1. The first-order valence-electron chi connectivity index (χ1n) is 6.79. The SMILES string of the molecule is Cc1cc(F)cc(C(=O)N(C)CC2CCCNC2)c1. The highest BCUT2D eigenvalue weighted by Crippen LogP contribution is 2.14. The van der Waals surface area contributed by atoms with Crippen LogP contribution in [0, 0.1) is 18.7 Å². The number of hydrogen-bond acceptors (Lipinski definition) is 2. The van der Waals surface area contributed by atoms with Gasteiger partial charge in [-0.05, 0) is 62.5 Å². The molecule has 1 aliphatic rings. The fourth-order valence-corrected chi connectivity index (χ4v) is 2.63. The van der Waals surface area contributed by atoms with Gasteiger partial charge in [0, 0.05) is 19.2 Å². The second kappa shape index (κ2) is 6.15. The maximum Gasteiger partial charge on any atom is 0.253 e. The van der Waals surface area contributed by atoms with Crippen molar-refractivity contribution in [2.45, 2.75) is 19.8 Å². The molecule has 1 heterocycles. The Morgan fingerprint density at radius 1 is 1.47 bits per heavy atom. The molecule has 1 unspecified atom stereocenters. The third kappa shape index (κ3) is 3.77. The van der Waals surface area contributed by atoms with E-state index in [4.69, 9.17) is 0 Å². The van der Waals surface area contributed by atoms with Gasteiger partial charge in [0.1, 0.15) is 5.82 Å².